The Morgan fingerprint density at radius 3 is 2.61 bits per heavy atom. The van der Waals surface area contributed by atoms with Gasteiger partial charge in [0.25, 0.3) is 0 Å². The quantitative estimate of drug-likeness (QED) is 0.799. The Labute approximate surface area is 135 Å². The first-order chi connectivity index (χ1) is 11.3. The molecule has 120 valence electrons. The van der Waals surface area contributed by atoms with Crippen LogP contribution in [0.5, 0.6) is 11.5 Å². The fourth-order valence-electron chi connectivity index (χ4n) is 2.30. The summed E-state index contributed by atoms with van der Waals surface area (Å²) < 4.78 is 25.1. The largest absolute Gasteiger partial charge is 0.493 e. The zero-order valence-corrected chi connectivity index (χ0v) is 12.8. The van der Waals surface area contributed by atoms with Gasteiger partial charge in [0.1, 0.15) is 11.6 Å². The molecule has 0 spiro atoms. The van der Waals surface area contributed by atoms with E-state index in [0.29, 0.717) is 19.6 Å². The minimum atomic E-state index is -0.372. The van der Waals surface area contributed by atoms with Gasteiger partial charge in [-0.3, -0.25) is 4.99 Å². The van der Waals surface area contributed by atoms with Gasteiger partial charge in [-0.1, -0.05) is 18.2 Å². The number of para-hydroxylation sites is 1. The van der Waals surface area contributed by atoms with Crippen LogP contribution in [0.2, 0.25) is 0 Å². The molecular formula is C18H19FN2O2. The lowest BCUT2D eigenvalue weighted by molar-refractivity contribution is 0.241. The van der Waals surface area contributed by atoms with E-state index >= 15 is 0 Å². The molecule has 0 saturated heterocycles. The monoisotopic (exact) mass is 314 g/mol. The van der Waals surface area contributed by atoms with Gasteiger partial charge in [0.2, 0.25) is 0 Å². The number of amidine groups is 1. The van der Waals surface area contributed by atoms with E-state index in [9.17, 15) is 4.39 Å². The highest BCUT2D eigenvalue weighted by molar-refractivity contribution is 5.99. The summed E-state index contributed by atoms with van der Waals surface area (Å²) in [5.41, 5.74) is 0.750. The Morgan fingerprint density at radius 1 is 1.04 bits per heavy atom. The van der Waals surface area contributed by atoms with E-state index < -0.39 is 0 Å². The lowest BCUT2D eigenvalue weighted by Crippen LogP contribution is -2.19. The first-order valence-corrected chi connectivity index (χ1v) is 7.72. The first-order valence-electron chi connectivity index (χ1n) is 7.72. The van der Waals surface area contributed by atoms with Crippen molar-refractivity contribution in [2.45, 2.75) is 6.42 Å². The van der Waals surface area contributed by atoms with E-state index in [4.69, 9.17) is 9.47 Å². The van der Waals surface area contributed by atoms with E-state index in [0.717, 1.165) is 30.2 Å². The standard InChI is InChI=1S/C18H19FN2O2/c19-16-13-14(18-20-9-10-21-18)7-8-17(16)23-12-4-11-22-15-5-2-1-3-6-15/h1-3,5-8,13H,4,9-12H2,(H,20,21). The number of nitrogens with zero attached hydrogens (tertiary/aromatic N) is 1. The molecule has 1 aliphatic rings. The predicted molar refractivity (Wildman–Crippen MR) is 87.9 cm³/mol. The highest BCUT2D eigenvalue weighted by atomic mass is 19.1. The number of ether oxygens (including phenoxy) is 2. The molecule has 0 aromatic heterocycles. The van der Waals surface area contributed by atoms with Crippen molar-refractivity contribution in [2.24, 2.45) is 4.99 Å². The Kier molecular flexibility index (Phi) is 5.09. The maximum Gasteiger partial charge on any atom is 0.165 e. The average molecular weight is 314 g/mol. The molecule has 4 nitrogen and oxygen atoms in total. The molecule has 0 bridgehead atoms. The van der Waals surface area contributed by atoms with Crippen LogP contribution in [0.3, 0.4) is 0 Å². The predicted octanol–water partition coefficient (Wildman–Crippen LogP) is 3.02. The highest BCUT2D eigenvalue weighted by Gasteiger charge is 2.11. The molecule has 2 aromatic carbocycles. The second-order valence-electron chi connectivity index (χ2n) is 5.17. The van der Waals surface area contributed by atoms with E-state index in [1.807, 2.05) is 36.4 Å². The van der Waals surface area contributed by atoms with Crippen LogP contribution in [-0.4, -0.2) is 32.1 Å². The van der Waals surface area contributed by atoms with Crippen molar-refractivity contribution in [2.75, 3.05) is 26.3 Å². The smallest absolute Gasteiger partial charge is 0.165 e. The summed E-state index contributed by atoms with van der Waals surface area (Å²) in [4.78, 5) is 4.27. The number of aliphatic imine (C=N–C) groups is 1. The van der Waals surface area contributed by atoms with Crippen LogP contribution in [0.15, 0.2) is 53.5 Å². The van der Waals surface area contributed by atoms with Gasteiger partial charge in [0, 0.05) is 18.5 Å². The summed E-state index contributed by atoms with van der Waals surface area (Å²) in [6.07, 6.45) is 0.685. The molecule has 2 aromatic rings. The van der Waals surface area contributed by atoms with Crippen LogP contribution in [0.1, 0.15) is 12.0 Å². The van der Waals surface area contributed by atoms with Crippen molar-refractivity contribution < 1.29 is 13.9 Å². The van der Waals surface area contributed by atoms with E-state index in [2.05, 4.69) is 10.3 Å². The third kappa shape index (κ3) is 4.22. The molecule has 1 N–H and O–H groups in total. The van der Waals surface area contributed by atoms with Gasteiger partial charge in [0.05, 0.1) is 19.8 Å². The first kappa shape index (κ1) is 15.3. The third-order valence-electron chi connectivity index (χ3n) is 3.44. The summed E-state index contributed by atoms with van der Waals surface area (Å²) in [6, 6.07) is 14.5. The number of rotatable bonds is 7. The van der Waals surface area contributed by atoms with Crippen LogP contribution < -0.4 is 14.8 Å². The number of hydrogen-bond acceptors (Lipinski definition) is 4. The molecule has 0 radical (unpaired) electrons. The van der Waals surface area contributed by atoms with Gasteiger partial charge < -0.3 is 14.8 Å². The summed E-state index contributed by atoms with van der Waals surface area (Å²) in [5.74, 6) is 1.45. The zero-order valence-electron chi connectivity index (χ0n) is 12.8. The van der Waals surface area contributed by atoms with Gasteiger partial charge >= 0.3 is 0 Å². The minimum Gasteiger partial charge on any atom is -0.493 e. The van der Waals surface area contributed by atoms with Crippen LogP contribution in [0.25, 0.3) is 0 Å². The van der Waals surface area contributed by atoms with Crippen molar-refractivity contribution in [1.29, 1.82) is 0 Å². The van der Waals surface area contributed by atoms with Crippen LogP contribution in [-0.2, 0) is 0 Å². The normalized spacial score (nSPS) is 13.3. The highest BCUT2D eigenvalue weighted by Crippen LogP contribution is 2.19. The molecule has 0 amide bonds. The van der Waals surface area contributed by atoms with E-state index in [1.165, 1.54) is 6.07 Å². The van der Waals surface area contributed by atoms with Crippen LogP contribution in [0.4, 0.5) is 4.39 Å². The summed E-state index contributed by atoms with van der Waals surface area (Å²) in [7, 11) is 0. The number of benzene rings is 2. The maximum atomic E-state index is 14.0. The summed E-state index contributed by atoms with van der Waals surface area (Å²) in [6.45, 7) is 2.47. The Bertz CT molecular complexity index is 674. The van der Waals surface area contributed by atoms with Gasteiger partial charge in [-0.05, 0) is 30.3 Å². The topological polar surface area (TPSA) is 42.9 Å². The molecule has 0 fully saturated rings. The van der Waals surface area contributed by atoms with Crippen molar-refractivity contribution in [3.05, 3.63) is 59.9 Å². The molecule has 23 heavy (non-hydrogen) atoms. The number of nitrogens with one attached hydrogen (secondary N) is 1. The zero-order chi connectivity index (χ0) is 15.9. The number of hydrogen-bond donors (Lipinski definition) is 1. The maximum absolute atomic E-state index is 14.0. The molecule has 0 aliphatic carbocycles. The Hall–Kier alpha value is -2.56. The van der Waals surface area contributed by atoms with Crippen LogP contribution in [0, 0.1) is 5.82 Å². The van der Waals surface area contributed by atoms with Gasteiger partial charge in [-0.15, -0.1) is 0 Å². The SMILES string of the molecule is Fc1cc(C2=NCCN2)ccc1OCCCOc1ccccc1. The molecule has 0 atom stereocenters. The number of halogens is 1. The van der Waals surface area contributed by atoms with Crippen molar-refractivity contribution >= 4 is 5.84 Å². The molecule has 0 saturated carbocycles. The lowest BCUT2D eigenvalue weighted by Gasteiger charge is -2.10. The second kappa shape index (κ2) is 7.63. The minimum absolute atomic E-state index is 0.257. The molecular weight excluding hydrogens is 295 g/mol. The average Bonchev–Trinajstić information content (AvgIpc) is 3.11. The summed E-state index contributed by atoms with van der Waals surface area (Å²) in [5, 5.41) is 3.12. The lowest BCUT2D eigenvalue weighted by atomic mass is 10.2. The van der Waals surface area contributed by atoms with Crippen molar-refractivity contribution in [3.8, 4) is 11.5 Å². The van der Waals surface area contributed by atoms with Gasteiger partial charge in [0.15, 0.2) is 11.6 Å². The van der Waals surface area contributed by atoms with E-state index in [1.54, 1.807) is 6.07 Å². The molecule has 3 rings (SSSR count). The van der Waals surface area contributed by atoms with Crippen molar-refractivity contribution in [3.63, 3.8) is 0 Å². The molecule has 0 unspecified atom stereocenters. The fourth-order valence-corrected chi connectivity index (χ4v) is 2.30. The fraction of sp³-hybridized carbons (Fsp3) is 0.278. The third-order valence-corrected chi connectivity index (χ3v) is 3.44. The summed E-state index contributed by atoms with van der Waals surface area (Å²) >= 11 is 0. The Balaban J connectivity index is 1.45. The molecule has 5 heteroatoms. The van der Waals surface area contributed by atoms with E-state index in [-0.39, 0.29) is 11.6 Å². The molecule has 1 heterocycles. The van der Waals surface area contributed by atoms with Gasteiger partial charge in [-0.2, -0.15) is 0 Å². The van der Waals surface area contributed by atoms with Crippen molar-refractivity contribution in [1.82, 2.24) is 5.32 Å². The second-order valence-corrected chi connectivity index (χ2v) is 5.17. The van der Waals surface area contributed by atoms with Crippen LogP contribution >= 0.6 is 0 Å². The Morgan fingerprint density at radius 2 is 1.87 bits per heavy atom. The molecule has 1 aliphatic heterocycles. The van der Waals surface area contributed by atoms with Gasteiger partial charge in [-0.25, -0.2) is 4.39 Å².